The fraction of sp³-hybridized carbons (Fsp3) is 0.182. The predicted molar refractivity (Wildman–Crippen MR) is 112 cm³/mol. The van der Waals surface area contributed by atoms with Crippen molar-refractivity contribution in [2.75, 3.05) is 11.1 Å². The van der Waals surface area contributed by atoms with E-state index in [-0.39, 0.29) is 6.10 Å². The van der Waals surface area contributed by atoms with Crippen molar-refractivity contribution in [1.29, 1.82) is 0 Å². The van der Waals surface area contributed by atoms with Crippen LogP contribution in [0, 0.1) is 0 Å². The second-order valence-electron chi connectivity index (χ2n) is 7.12. The highest BCUT2D eigenvalue weighted by atomic mass is 16.5. The molecule has 4 aromatic rings. The quantitative estimate of drug-likeness (QED) is 0.541. The Bertz CT molecular complexity index is 1140. The molecular weight excluding hydrogens is 364 g/mol. The Morgan fingerprint density at radius 3 is 2.66 bits per heavy atom. The zero-order chi connectivity index (χ0) is 19.6. The molecule has 29 heavy (non-hydrogen) atoms. The first-order valence-corrected chi connectivity index (χ1v) is 9.56. The zero-order valence-electron chi connectivity index (χ0n) is 15.7. The molecule has 0 saturated heterocycles. The maximum atomic E-state index is 6.11. The zero-order valence-corrected chi connectivity index (χ0v) is 15.7. The summed E-state index contributed by atoms with van der Waals surface area (Å²) < 4.78 is 6.11. The van der Waals surface area contributed by atoms with Crippen molar-refractivity contribution >= 4 is 22.5 Å². The van der Waals surface area contributed by atoms with Gasteiger partial charge in [0.1, 0.15) is 23.4 Å². The number of hydrogen-bond acceptors (Lipinski definition) is 7. The summed E-state index contributed by atoms with van der Waals surface area (Å²) in [7, 11) is 0. The van der Waals surface area contributed by atoms with E-state index in [0.717, 1.165) is 35.1 Å². The number of hydrogen-bond donors (Lipinski definition) is 2. The summed E-state index contributed by atoms with van der Waals surface area (Å²) in [6, 6.07) is 16.2. The molecule has 0 amide bonds. The molecule has 1 fully saturated rings. The van der Waals surface area contributed by atoms with Crippen molar-refractivity contribution in [1.82, 2.24) is 19.9 Å². The van der Waals surface area contributed by atoms with E-state index >= 15 is 0 Å². The Morgan fingerprint density at radius 2 is 1.79 bits per heavy atom. The van der Waals surface area contributed by atoms with Gasteiger partial charge in [-0.2, -0.15) is 0 Å². The smallest absolute Gasteiger partial charge is 0.240 e. The summed E-state index contributed by atoms with van der Waals surface area (Å²) in [4.78, 5) is 17.6. The average molecular weight is 384 g/mol. The number of anilines is 2. The lowest BCUT2D eigenvalue weighted by Gasteiger charge is -2.36. The number of rotatable bonds is 5. The minimum atomic E-state index is 0.0881. The number of nitrogens with zero attached hydrogens (tertiary/aromatic N) is 4. The standard InChI is InChI=1S/C22H20N6O/c23-19-7-5-15(13-26-19)21-22(25-10-9-24-21)29-17-11-16(12-17)27-20-8-6-14-3-1-2-4-18(14)28-20/h1-10,13,16-17H,11-12H2,(H2,23,26)(H,27,28)/t16-,17+. The maximum Gasteiger partial charge on any atom is 0.240 e. The van der Waals surface area contributed by atoms with Crippen LogP contribution in [0.2, 0.25) is 0 Å². The lowest BCUT2D eigenvalue weighted by molar-refractivity contribution is 0.103. The molecule has 3 aromatic heterocycles. The first-order valence-electron chi connectivity index (χ1n) is 9.56. The molecular formula is C22H20N6O. The highest BCUT2D eigenvalue weighted by Gasteiger charge is 2.32. The highest BCUT2D eigenvalue weighted by Crippen LogP contribution is 2.32. The molecule has 0 aliphatic heterocycles. The molecule has 7 heteroatoms. The molecule has 3 heterocycles. The van der Waals surface area contributed by atoms with Crippen LogP contribution >= 0.6 is 0 Å². The summed E-state index contributed by atoms with van der Waals surface area (Å²) in [5.74, 6) is 1.88. The Hall–Kier alpha value is -3.74. The number of ether oxygens (including phenoxy) is 1. The number of nitrogens with two attached hydrogens (primary N) is 1. The molecule has 1 aromatic carbocycles. The van der Waals surface area contributed by atoms with Gasteiger partial charge in [-0.05, 0) is 30.3 Å². The summed E-state index contributed by atoms with van der Waals surface area (Å²) in [5, 5.41) is 4.63. The van der Waals surface area contributed by atoms with E-state index in [4.69, 9.17) is 10.5 Å². The van der Waals surface area contributed by atoms with Crippen LogP contribution in [0.25, 0.3) is 22.2 Å². The summed E-state index contributed by atoms with van der Waals surface area (Å²) in [5.41, 5.74) is 8.17. The first-order chi connectivity index (χ1) is 14.2. The van der Waals surface area contributed by atoms with Crippen LogP contribution in [0.1, 0.15) is 12.8 Å². The molecule has 7 nitrogen and oxygen atoms in total. The van der Waals surface area contributed by atoms with Gasteiger partial charge in [0.05, 0.1) is 5.52 Å². The molecule has 5 rings (SSSR count). The van der Waals surface area contributed by atoms with E-state index in [1.54, 1.807) is 24.7 Å². The second-order valence-corrected chi connectivity index (χ2v) is 7.12. The van der Waals surface area contributed by atoms with Gasteiger partial charge in [0.25, 0.3) is 0 Å². The Kier molecular flexibility index (Phi) is 4.40. The van der Waals surface area contributed by atoms with Gasteiger partial charge >= 0.3 is 0 Å². The van der Waals surface area contributed by atoms with Crippen LogP contribution < -0.4 is 15.8 Å². The third-order valence-corrected chi connectivity index (χ3v) is 5.05. The van der Waals surface area contributed by atoms with E-state index in [1.807, 2.05) is 30.3 Å². The monoisotopic (exact) mass is 384 g/mol. The van der Waals surface area contributed by atoms with Gasteiger partial charge in [0, 0.05) is 48.4 Å². The molecule has 0 atom stereocenters. The molecule has 0 radical (unpaired) electrons. The lowest BCUT2D eigenvalue weighted by Crippen LogP contribution is -2.42. The van der Waals surface area contributed by atoms with Gasteiger partial charge in [-0.3, -0.25) is 0 Å². The molecule has 0 unspecified atom stereocenters. The first kappa shape index (κ1) is 17.4. The van der Waals surface area contributed by atoms with E-state index < -0.39 is 0 Å². The molecule has 1 aliphatic carbocycles. The molecule has 0 spiro atoms. The van der Waals surface area contributed by atoms with Crippen molar-refractivity contribution in [2.24, 2.45) is 0 Å². The minimum Gasteiger partial charge on any atom is -0.473 e. The van der Waals surface area contributed by atoms with Crippen molar-refractivity contribution in [3.05, 3.63) is 67.1 Å². The van der Waals surface area contributed by atoms with E-state index in [1.165, 1.54) is 0 Å². The fourth-order valence-corrected chi connectivity index (χ4v) is 3.45. The van der Waals surface area contributed by atoms with E-state index in [9.17, 15) is 0 Å². The third kappa shape index (κ3) is 3.67. The molecule has 3 N–H and O–H groups in total. The third-order valence-electron chi connectivity index (χ3n) is 5.05. The van der Waals surface area contributed by atoms with Crippen LogP contribution in [-0.4, -0.2) is 32.1 Å². The van der Waals surface area contributed by atoms with Crippen LogP contribution in [-0.2, 0) is 0 Å². The van der Waals surface area contributed by atoms with Crippen LogP contribution in [0.3, 0.4) is 0 Å². The van der Waals surface area contributed by atoms with E-state index in [2.05, 4.69) is 37.4 Å². The number of aromatic nitrogens is 4. The maximum absolute atomic E-state index is 6.11. The summed E-state index contributed by atoms with van der Waals surface area (Å²) >= 11 is 0. The molecule has 1 saturated carbocycles. The number of benzene rings is 1. The second kappa shape index (κ2) is 7.35. The molecule has 144 valence electrons. The van der Waals surface area contributed by atoms with Crippen molar-refractivity contribution in [2.45, 2.75) is 25.0 Å². The van der Waals surface area contributed by atoms with Crippen LogP contribution in [0.15, 0.2) is 67.1 Å². The van der Waals surface area contributed by atoms with Gasteiger partial charge in [-0.15, -0.1) is 0 Å². The topological polar surface area (TPSA) is 98.8 Å². The number of para-hydroxylation sites is 1. The van der Waals surface area contributed by atoms with Gasteiger partial charge in [0.15, 0.2) is 0 Å². The fourth-order valence-electron chi connectivity index (χ4n) is 3.45. The Morgan fingerprint density at radius 1 is 0.931 bits per heavy atom. The SMILES string of the molecule is Nc1ccc(-c2nccnc2O[C@H]2C[C@@H](Nc3ccc4ccccc4n3)C2)cn1. The summed E-state index contributed by atoms with van der Waals surface area (Å²) in [6.45, 7) is 0. The highest BCUT2D eigenvalue weighted by molar-refractivity contribution is 5.80. The minimum absolute atomic E-state index is 0.0881. The van der Waals surface area contributed by atoms with Gasteiger partial charge in [-0.1, -0.05) is 18.2 Å². The molecule has 1 aliphatic rings. The normalized spacial score (nSPS) is 18.2. The number of nitrogen functional groups attached to an aromatic ring is 1. The van der Waals surface area contributed by atoms with Crippen molar-refractivity contribution in [3.8, 4) is 17.1 Å². The van der Waals surface area contributed by atoms with Gasteiger partial charge < -0.3 is 15.8 Å². The van der Waals surface area contributed by atoms with E-state index in [0.29, 0.717) is 23.4 Å². The van der Waals surface area contributed by atoms with Gasteiger partial charge in [-0.25, -0.2) is 19.9 Å². The number of nitrogens with one attached hydrogen (secondary N) is 1. The molecule has 0 bridgehead atoms. The largest absolute Gasteiger partial charge is 0.473 e. The van der Waals surface area contributed by atoms with Crippen molar-refractivity contribution < 1.29 is 4.74 Å². The Balaban J connectivity index is 1.23. The van der Waals surface area contributed by atoms with Crippen LogP contribution in [0.5, 0.6) is 5.88 Å². The number of pyridine rings is 2. The van der Waals surface area contributed by atoms with Crippen LogP contribution in [0.4, 0.5) is 11.6 Å². The lowest BCUT2D eigenvalue weighted by atomic mass is 9.89. The van der Waals surface area contributed by atoms with Crippen molar-refractivity contribution in [3.63, 3.8) is 0 Å². The Labute approximate surface area is 168 Å². The number of fused-ring (bicyclic) bond motifs is 1. The summed E-state index contributed by atoms with van der Waals surface area (Å²) in [6.07, 6.45) is 6.81. The predicted octanol–water partition coefficient (Wildman–Crippen LogP) is 3.69. The average Bonchev–Trinajstić information content (AvgIpc) is 2.73. The van der Waals surface area contributed by atoms with Gasteiger partial charge in [0.2, 0.25) is 5.88 Å².